The molecular formula is C14H18F3N5O. The summed E-state index contributed by atoms with van der Waals surface area (Å²) in [5, 5.41) is 6.61. The molecule has 0 saturated heterocycles. The Bertz CT molecular complexity index is 675. The predicted octanol–water partition coefficient (Wildman–Crippen LogP) is 2.21. The first-order chi connectivity index (χ1) is 10.7. The second-order valence-corrected chi connectivity index (χ2v) is 5.33. The number of carbonyl (C=O) groups excluding carboxylic acids is 1. The zero-order valence-electron chi connectivity index (χ0n) is 13.0. The summed E-state index contributed by atoms with van der Waals surface area (Å²) in [6.45, 7) is 3.85. The highest BCUT2D eigenvalue weighted by Gasteiger charge is 2.31. The molecule has 1 atom stereocenters. The lowest BCUT2D eigenvalue weighted by Crippen LogP contribution is -2.28. The maximum absolute atomic E-state index is 12.5. The lowest BCUT2D eigenvalue weighted by atomic mass is 9.98. The summed E-state index contributed by atoms with van der Waals surface area (Å²) >= 11 is 0. The van der Waals surface area contributed by atoms with Gasteiger partial charge in [0.2, 0.25) is 5.91 Å². The molecule has 0 bridgehead atoms. The number of H-pyrrole nitrogens is 1. The highest BCUT2D eigenvalue weighted by atomic mass is 19.4. The van der Waals surface area contributed by atoms with E-state index in [1.165, 1.54) is 6.92 Å². The van der Waals surface area contributed by atoms with Gasteiger partial charge in [-0.3, -0.25) is 9.48 Å². The molecule has 1 amide bonds. The highest BCUT2D eigenvalue weighted by molar-refractivity contribution is 5.83. The number of aromatic amines is 1. The third-order valence-electron chi connectivity index (χ3n) is 3.58. The van der Waals surface area contributed by atoms with Crippen molar-refractivity contribution in [3.05, 3.63) is 35.2 Å². The van der Waals surface area contributed by atoms with Crippen molar-refractivity contribution in [2.24, 2.45) is 0 Å². The van der Waals surface area contributed by atoms with Gasteiger partial charge in [0.15, 0.2) is 0 Å². The first-order valence-electron chi connectivity index (χ1n) is 7.05. The number of alkyl halides is 3. The second kappa shape index (κ2) is 6.43. The zero-order valence-corrected chi connectivity index (χ0v) is 13.0. The number of nitrogens with zero attached hydrogens (tertiary/aromatic N) is 3. The highest BCUT2D eigenvalue weighted by Crippen LogP contribution is 2.26. The Morgan fingerprint density at radius 2 is 2.13 bits per heavy atom. The average molecular weight is 329 g/mol. The van der Waals surface area contributed by atoms with Gasteiger partial charge in [-0.1, -0.05) is 0 Å². The topological polar surface area (TPSA) is 75.6 Å². The molecule has 2 rings (SSSR count). The van der Waals surface area contributed by atoms with Crippen molar-refractivity contribution in [3.8, 4) is 0 Å². The zero-order chi connectivity index (χ0) is 17.2. The van der Waals surface area contributed by atoms with E-state index in [2.05, 4.69) is 20.4 Å². The Morgan fingerprint density at radius 3 is 2.70 bits per heavy atom. The Balaban J connectivity index is 2.12. The third-order valence-corrected chi connectivity index (χ3v) is 3.58. The molecule has 9 heteroatoms. The van der Waals surface area contributed by atoms with Crippen molar-refractivity contribution in [2.45, 2.75) is 46.0 Å². The molecule has 23 heavy (non-hydrogen) atoms. The van der Waals surface area contributed by atoms with Crippen LogP contribution in [0.15, 0.2) is 12.4 Å². The predicted molar refractivity (Wildman–Crippen MR) is 76.6 cm³/mol. The Hall–Kier alpha value is -2.32. The smallest absolute Gasteiger partial charge is 0.348 e. The summed E-state index contributed by atoms with van der Waals surface area (Å²) in [5.74, 6) is -0.294. The van der Waals surface area contributed by atoms with Crippen molar-refractivity contribution < 1.29 is 18.0 Å². The van der Waals surface area contributed by atoms with E-state index in [-0.39, 0.29) is 12.5 Å². The molecular weight excluding hydrogens is 311 g/mol. The molecule has 0 spiro atoms. The molecule has 6 nitrogen and oxygen atoms in total. The molecule has 0 saturated carbocycles. The van der Waals surface area contributed by atoms with E-state index in [1.807, 2.05) is 0 Å². The Morgan fingerprint density at radius 1 is 1.43 bits per heavy atom. The number of nitrogens with one attached hydrogen (secondary N) is 2. The van der Waals surface area contributed by atoms with Crippen LogP contribution in [0.5, 0.6) is 0 Å². The van der Waals surface area contributed by atoms with Crippen molar-refractivity contribution in [2.75, 3.05) is 0 Å². The van der Waals surface area contributed by atoms with Crippen LogP contribution in [0.4, 0.5) is 13.2 Å². The van der Waals surface area contributed by atoms with E-state index in [1.54, 1.807) is 26.2 Å². The Kier molecular flexibility index (Phi) is 4.76. The SMILES string of the molecule is Cc1nn(CC(F)(F)F)c(C)c1C(C)C(=O)NCc1ncc[nH]1. The van der Waals surface area contributed by atoms with Gasteiger partial charge in [-0.15, -0.1) is 0 Å². The number of carbonyl (C=O) groups is 1. The molecule has 2 heterocycles. The van der Waals surface area contributed by atoms with E-state index in [9.17, 15) is 18.0 Å². The third kappa shape index (κ3) is 4.11. The summed E-state index contributed by atoms with van der Waals surface area (Å²) in [6.07, 6.45) is -1.15. The molecule has 1 unspecified atom stereocenters. The molecule has 2 aromatic heterocycles. The van der Waals surface area contributed by atoms with Crippen LogP contribution < -0.4 is 5.32 Å². The van der Waals surface area contributed by atoms with E-state index >= 15 is 0 Å². The van der Waals surface area contributed by atoms with Crippen LogP contribution in [0.1, 0.15) is 35.6 Å². The fourth-order valence-electron chi connectivity index (χ4n) is 2.51. The lowest BCUT2D eigenvalue weighted by molar-refractivity contribution is -0.143. The van der Waals surface area contributed by atoms with Gasteiger partial charge >= 0.3 is 6.18 Å². The summed E-state index contributed by atoms with van der Waals surface area (Å²) in [6, 6.07) is 0. The molecule has 2 aromatic rings. The van der Waals surface area contributed by atoms with E-state index in [0.29, 0.717) is 22.8 Å². The van der Waals surface area contributed by atoms with Crippen LogP contribution in [-0.4, -0.2) is 31.8 Å². The standard InChI is InChI=1S/C14H18F3N5O/c1-8(13(23)20-6-11-18-4-5-19-11)12-9(2)21-22(10(12)3)7-14(15,16)17/h4-5,8H,6-7H2,1-3H3,(H,18,19)(H,20,23). The molecule has 0 aromatic carbocycles. The molecule has 126 valence electrons. The normalized spacial score (nSPS) is 13.1. The molecule has 0 radical (unpaired) electrons. The fraction of sp³-hybridized carbons (Fsp3) is 0.500. The quantitative estimate of drug-likeness (QED) is 0.883. The number of halogens is 3. The largest absolute Gasteiger partial charge is 0.408 e. The van der Waals surface area contributed by atoms with E-state index in [0.717, 1.165) is 4.68 Å². The van der Waals surface area contributed by atoms with Gasteiger partial charge in [0, 0.05) is 23.7 Å². The molecule has 0 aliphatic heterocycles. The number of hydrogen-bond donors (Lipinski definition) is 2. The number of imidazole rings is 1. The molecule has 2 N–H and O–H groups in total. The van der Waals surface area contributed by atoms with Gasteiger partial charge < -0.3 is 10.3 Å². The first-order valence-corrected chi connectivity index (χ1v) is 7.05. The van der Waals surface area contributed by atoms with Crippen LogP contribution >= 0.6 is 0 Å². The minimum Gasteiger partial charge on any atom is -0.348 e. The van der Waals surface area contributed by atoms with E-state index < -0.39 is 18.6 Å². The van der Waals surface area contributed by atoms with Gasteiger partial charge in [0.25, 0.3) is 0 Å². The summed E-state index contributed by atoms with van der Waals surface area (Å²) in [4.78, 5) is 19.1. The number of aromatic nitrogens is 4. The van der Waals surface area contributed by atoms with Gasteiger partial charge in [0.1, 0.15) is 12.4 Å². The van der Waals surface area contributed by atoms with Crippen molar-refractivity contribution in [1.29, 1.82) is 0 Å². The maximum atomic E-state index is 12.5. The van der Waals surface area contributed by atoms with Gasteiger partial charge in [-0.05, 0) is 20.8 Å². The van der Waals surface area contributed by atoms with Crippen LogP contribution in [-0.2, 0) is 17.9 Å². The molecule has 0 fully saturated rings. The Labute approximate surface area is 131 Å². The minimum atomic E-state index is -4.36. The van der Waals surface area contributed by atoms with Crippen LogP contribution in [0.25, 0.3) is 0 Å². The number of rotatable bonds is 5. The van der Waals surface area contributed by atoms with Crippen molar-refractivity contribution >= 4 is 5.91 Å². The molecule has 0 aliphatic rings. The lowest BCUT2D eigenvalue weighted by Gasteiger charge is -2.13. The maximum Gasteiger partial charge on any atom is 0.408 e. The van der Waals surface area contributed by atoms with Crippen LogP contribution in [0.2, 0.25) is 0 Å². The van der Waals surface area contributed by atoms with Gasteiger partial charge in [-0.2, -0.15) is 18.3 Å². The van der Waals surface area contributed by atoms with Crippen LogP contribution in [0.3, 0.4) is 0 Å². The summed E-state index contributed by atoms with van der Waals surface area (Å²) in [7, 11) is 0. The minimum absolute atomic E-state index is 0.227. The van der Waals surface area contributed by atoms with Crippen molar-refractivity contribution in [3.63, 3.8) is 0 Å². The average Bonchev–Trinajstić information content (AvgIpc) is 3.03. The van der Waals surface area contributed by atoms with Crippen molar-refractivity contribution in [1.82, 2.24) is 25.1 Å². The van der Waals surface area contributed by atoms with E-state index in [4.69, 9.17) is 0 Å². The summed E-state index contributed by atoms with van der Waals surface area (Å²) in [5.41, 5.74) is 1.29. The monoisotopic (exact) mass is 329 g/mol. The van der Waals surface area contributed by atoms with Gasteiger partial charge in [0.05, 0.1) is 18.2 Å². The molecule has 0 aliphatic carbocycles. The fourth-order valence-corrected chi connectivity index (χ4v) is 2.51. The van der Waals surface area contributed by atoms with Gasteiger partial charge in [-0.25, -0.2) is 4.98 Å². The second-order valence-electron chi connectivity index (χ2n) is 5.33. The number of aryl methyl sites for hydroxylation is 1. The first kappa shape index (κ1) is 17.0. The van der Waals surface area contributed by atoms with Crippen LogP contribution in [0, 0.1) is 13.8 Å². The number of amides is 1. The number of hydrogen-bond acceptors (Lipinski definition) is 3. The summed E-state index contributed by atoms with van der Waals surface area (Å²) < 4.78 is 38.5.